The third-order valence-corrected chi connectivity index (χ3v) is 2.69. The average molecular weight is 271 g/mol. The maximum atomic E-state index is 12.3. The first-order valence-electron chi connectivity index (χ1n) is 3.56. The van der Waals surface area contributed by atoms with Gasteiger partial charge >= 0.3 is 0 Å². The van der Waals surface area contributed by atoms with Crippen LogP contribution in [0.1, 0.15) is 23.2 Å². The number of halogens is 4. The van der Waals surface area contributed by atoms with Crippen molar-refractivity contribution < 1.29 is 8.78 Å². The van der Waals surface area contributed by atoms with Gasteiger partial charge in [0.05, 0.1) is 5.02 Å². The summed E-state index contributed by atoms with van der Waals surface area (Å²) in [6, 6.07) is 0. The molecule has 0 aliphatic carbocycles. The summed E-state index contributed by atoms with van der Waals surface area (Å²) >= 11 is 8.92. The van der Waals surface area contributed by atoms with Gasteiger partial charge in [-0.25, -0.2) is 8.78 Å². The Morgan fingerprint density at radius 1 is 1.62 bits per heavy atom. The molecule has 1 aromatic rings. The predicted molar refractivity (Wildman–Crippen MR) is 51.6 cm³/mol. The molecule has 1 heterocycles. The third-order valence-electron chi connectivity index (χ3n) is 1.70. The highest BCUT2D eigenvalue weighted by Crippen LogP contribution is 2.30. The first-order valence-corrected chi connectivity index (χ1v) is 5.05. The van der Waals surface area contributed by atoms with Gasteiger partial charge in [0.25, 0.3) is 6.43 Å². The van der Waals surface area contributed by atoms with Crippen molar-refractivity contribution in [1.29, 1.82) is 0 Å². The second-order valence-corrected chi connectivity index (χ2v) is 3.49. The molecular weight excluding hydrogens is 263 g/mol. The van der Waals surface area contributed by atoms with Crippen LogP contribution in [-0.2, 0) is 5.33 Å². The average Bonchev–Trinajstić information content (AvgIpc) is 2.04. The molecule has 0 aliphatic heterocycles. The van der Waals surface area contributed by atoms with Crippen LogP contribution in [0.4, 0.5) is 8.78 Å². The van der Waals surface area contributed by atoms with Crippen molar-refractivity contribution in [2.45, 2.75) is 18.7 Å². The lowest BCUT2D eigenvalue weighted by atomic mass is 10.1. The number of aromatic nitrogens is 1. The van der Waals surface area contributed by atoms with Gasteiger partial charge < -0.3 is 0 Å². The lowest BCUT2D eigenvalue weighted by molar-refractivity contribution is 0.146. The molecule has 0 aliphatic rings. The van der Waals surface area contributed by atoms with Crippen molar-refractivity contribution in [2.75, 3.05) is 0 Å². The summed E-state index contributed by atoms with van der Waals surface area (Å²) in [6.07, 6.45) is -1.21. The van der Waals surface area contributed by atoms with Gasteiger partial charge in [0.1, 0.15) is 5.69 Å². The molecule has 72 valence electrons. The molecule has 1 rings (SSSR count). The van der Waals surface area contributed by atoms with Gasteiger partial charge in [-0.1, -0.05) is 27.5 Å². The molecule has 0 fully saturated rings. The van der Waals surface area contributed by atoms with E-state index in [1.54, 1.807) is 6.92 Å². The molecule has 0 saturated carbocycles. The van der Waals surface area contributed by atoms with Crippen molar-refractivity contribution in [1.82, 2.24) is 4.98 Å². The van der Waals surface area contributed by atoms with Gasteiger partial charge in [0, 0.05) is 11.5 Å². The second kappa shape index (κ2) is 4.33. The normalized spacial score (nSPS) is 10.9. The number of hydrogen-bond donors (Lipinski definition) is 0. The van der Waals surface area contributed by atoms with E-state index in [4.69, 9.17) is 11.6 Å². The molecule has 5 heteroatoms. The zero-order valence-electron chi connectivity index (χ0n) is 6.82. The quantitative estimate of drug-likeness (QED) is 0.743. The van der Waals surface area contributed by atoms with E-state index in [-0.39, 0.29) is 10.7 Å². The Kier molecular flexibility index (Phi) is 3.62. The van der Waals surface area contributed by atoms with E-state index in [1.165, 1.54) is 6.20 Å². The van der Waals surface area contributed by atoms with Gasteiger partial charge in [0.2, 0.25) is 0 Å². The molecule has 0 radical (unpaired) electrons. The van der Waals surface area contributed by atoms with E-state index < -0.39 is 6.43 Å². The van der Waals surface area contributed by atoms with Crippen LogP contribution in [0.25, 0.3) is 0 Å². The van der Waals surface area contributed by atoms with Crippen molar-refractivity contribution in [3.8, 4) is 0 Å². The first kappa shape index (κ1) is 10.9. The smallest absolute Gasteiger partial charge is 0.253 e. The summed E-state index contributed by atoms with van der Waals surface area (Å²) in [5.41, 5.74) is 1.14. The largest absolute Gasteiger partial charge is 0.281 e. The van der Waals surface area contributed by atoms with Crippen LogP contribution in [0.3, 0.4) is 0 Å². The fraction of sp³-hybridized carbons (Fsp3) is 0.375. The minimum Gasteiger partial charge on any atom is -0.253 e. The molecule has 1 aromatic heterocycles. The number of hydrogen-bond acceptors (Lipinski definition) is 1. The maximum absolute atomic E-state index is 12.3. The molecule has 0 amide bonds. The van der Waals surface area contributed by atoms with E-state index in [2.05, 4.69) is 20.9 Å². The van der Waals surface area contributed by atoms with Crippen molar-refractivity contribution >= 4 is 27.5 Å². The predicted octanol–water partition coefficient (Wildman–Crippen LogP) is 3.88. The van der Waals surface area contributed by atoms with E-state index in [0.29, 0.717) is 10.9 Å². The minimum atomic E-state index is -2.62. The standard InChI is InChI=1S/C8H7BrClF2N/c1-4-3-13-7(8(11)12)6(10)5(4)2-9/h3,8H,2H2,1H3. The summed E-state index contributed by atoms with van der Waals surface area (Å²) in [5, 5.41) is 0.520. The molecule has 0 saturated heterocycles. The molecule has 0 unspecified atom stereocenters. The highest BCUT2D eigenvalue weighted by molar-refractivity contribution is 9.08. The Labute approximate surface area is 88.2 Å². The zero-order chi connectivity index (χ0) is 10.0. The Balaban J connectivity index is 3.27. The number of nitrogens with zero attached hydrogens (tertiary/aromatic N) is 1. The van der Waals surface area contributed by atoms with E-state index in [9.17, 15) is 8.78 Å². The molecular formula is C8H7BrClF2N. The molecule has 0 bridgehead atoms. The zero-order valence-corrected chi connectivity index (χ0v) is 9.16. The highest BCUT2D eigenvalue weighted by atomic mass is 79.9. The van der Waals surface area contributed by atoms with Crippen molar-refractivity contribution in [3.63, 3.8) is 0 Å². The SMILES string of the molecule is Cc1cnc(C(F)F)c(Cl)c1CBr. The van der Waals surface area contributed by atoms with Crippen LogP contribution >= 0.6 is 27.5 Å². The number of pyridine rings is 1. The van der Waals surface area contributed by atoms with Crippen LogP contribution in [-0.4, -0.2) is 4.98 Å². The van der Waals surface area contributed by atoms with Crippen LogP contribution in [0.2, 0.25) is 5.02 Å². The molecule has 0 N–H and O–H groups in total. The summed E-state index contributed by atoms with van der Waals surface area (Å²) in [4.78, 5) is 3.58. The van der Waals surface area contributed by atoms with Crippen molar-refractivity contribution in [3.05, 3.63) is 28.0 Å². The second-order valence-electron chi connectivity index (χ2n) is 2.55. The minimum absolute atomic E-state index is 0.0619. The number of rotatable bonds is 2. The van der Waals surface area contributed by atoms with Crippen LogP contribution in [0.5, 0.6) is 0 Å². The lowest BCUT2D eigenvalue weighted by Crippen LogP contribution is -1.97. The maximum Gasteiger partial charge on any atom is 0.281 e. The molecule has 1 nitrogen and oxygen atoms in total. The topological polar surface area (TPSA) is 12.9 Å². The van der Waals surface area contributed by atoms with Gasteiger partial charge in [-0.2, -0.15) is 0 Å². The first-order chi connectivity index (χ1) is 6.07. The van der Waals surface area contributed by atoms with Crippen molar-refractivity contribution in [2.24, 2.45) is 0 Å². The molecule has 0 aromatic carbocycles. The van der Waals surface area contributed by atoms with Crippen LogP contribution < -0.4 is 0 Å². The Bertz CT molecular complexity index is 317. The molecule has 0 spiro atoms. The van der Waals surface area contributed by atoms with Crippen LogP contribution in [0, 0.1) is 6.92 Å². The Morgan fingerprint density at radius 3 is 2.69 bits per heavy atom. The van der Waals surface area contributed by atoms with Gasteiger partial charge in [0.15, 0.2) is 0 Å². The lowest BCUT2D eigenvalue weighted by Gasteiger charge is -2.08. The van der Waals surface area contributed by atoms with Gasteiger partial charge in [-0.15, -0.1) is 0 Å². The fourth-order valence-electron chi connectivity index (χ4n) is 0.945. The van der Waals surface area contributed by atoms with Gasteiger partial charge in [-0.05, 0) is 18.1 Å². The van der Waals surface area contributed by atoms with Crippen LogP contribution in [0.15, 0.2) is 6.20 Å². The van der Waals surface area contributed by atoms with E-state index in [0.717, 1.165) is 5.56 Å². The molecule has 0 atom stereocenters. The fourth-order valence-corrected chi connectivity index (χ4v) is 2.18. The summed E-state index contributed by atoms with van der Waals surface area (Å²) < 4.78 is 24.6. The Hall–Kier alpha value is -0.220. The summed E-state index contributed by atoms with van der Waals surface area (Å²) in [5.74, 6) is 0. The highest BCUT2D eigenvalue weighted by Gasteiger charge is 2.17. The van der Waals surface area contributed by atoms with E-state index in [1.807, 2.05) is 0 Å². The Morgan fingerprint density at radius 2 is 2.23 bits per heavy atom. The molecule has 13 heavy (non-hydrogen) atoms. The van der Waals surface area contributed by atoms with E-state index >= 15 is 0 Å². The number of aryl methyl sites for hydroxylation is 1. The monoisotopic (exact) mass is 269 g/mol. The summed E-state index contributed by atoms with van der Waals surface area (Å²) in [7, 11) is 0. The number of alkyl halides is 3. The van der Waals surface area contributed by atoms with Gasteiger partial charge in [-0.3, -0.25) is 4.98 Å². The summed E-state index contributed by atoms with van der Waals surface area (Å²) in [6.45, 7) is 1.78. The third kappa shape index (κ3) is 2.17.